The lowest BCUT2D eigenvalue weighted by Gasteiger charge is -2.41. The lowest BCUT2D eigenvalue weighted by Crippen LogP contribution is -2.57. The SMILES string of the molecule is COc1cn2nc(C)nc2cc1NC(=O)N1CCc2c(N3CCNC(C)(C)C3)ccnc21.O=CO. The molecule has 0 aliphatic carbocycles. The molecule has 0 bridgehead atoms. The molecule has 3 aromatic rings. The standard InChI is InChI=1S/C22H28N8O2.CH2O2/c1-14-25-19-11-16(18(32-4)12-30(19)27-14)26-21(31)29-9-6-15-17(5-7-23-20(15)29)28-10-8-24-22(2,3)13-28;2-1-3/h5,7,11-12,24H,6,8-10,13H2,1-4H3,(H,26,31);1H,(H,2,3). The van der Waals surface area contributed by atoms with E-state index in [2.05, 4.69) is 50.5 Å². The first kappa shape index (κ1) is 24.2. The predicted molar refractivity (Wildman–Crippen MR) is 132 cm³/mol. The third-order valence-electron chi connectivity index (χ3n) is 6.01. The number of carboxylic acid groups (broad SMARTS) is 1. The fourth-order valence-corrected chi connectivity index (χ4v) is 4.58. The minimum atomic E-state index is -0.250. The van der Waals surface area contributed by atoms with E-state index in [-0.39, 0.29) is 18.0 Å². The van der Waals surface area contributed by atoms with E-state index in [0.29, 0.717) is 29.5 Å². The summed E-state index contributed by atoms with van der Waals surface area (Å²) in [4.78, 5) is 34.6. The molecule has 0 atom stereocenters. The number of ether oxygens (including phenoxy) is 1. The highest BCUT2D eigenvalue weighted by Crippen LogP contribution is 2.35. The van der Waals surface area contributed by atoms with Gasteiger partial charge in [-0.05, 0) is 33.3 Å². The highest BCUT2D eigenvalue weighted by molar-refractivity contribution is 6.04. The van der Waals surface area contributed by atoms with Crippen LogP contribution in [0.5, 0.6) is 5.75 Å². The minimum absolute atomic E-state index is 0.0410. The molecule has 186 valence electrons. The maximum Gasteiger partial charge on any atom is 0.327 e. The molecule has 0 saturated carbocycles. The molecule has 5 rings (SSSR count). The van der Waals surface area contributed by atoms with E-state index in [0.717, 1.165) is 43.1 Å². The van der Waals surface area contributed by atoms with Crippen molar-refractivity contribution < 1.29 is 19.4 Å². The van der Waals surface area contributed by atoms with Crippen LogP contribution in [0, 0.1) is 6.92 Å². The van der Waals surface area contributed by atoms with Crippen LogP contribution >= 0.6 is 0 Å². The molecule has 1 saturated heterocycles. The second-order valence-electron chi connectivity index (χ2n) is 9.02. The van der Waals surface area contributed by atoms with E-state index in [9.17, 15) is 4.79 Å². The Balaban J connectivity index is 0.000000917. The topological polar surface area (TPSA) is 137 Å². The first-order chi connectivity index (χ1) is 16.8. The Morgan fingerprint density at radius 1 is 1.34 bits per heavy atom. The first-order valence-corrected chi connectivity index (χ1v) is 11.3. The third-order valence-corrected chi connectivity index (χ3v) is 6.01. The molecule has 12 heteroatoms. The largest absolute Gasteiger partial charge is 0.493 e. The summed E-state index contributed by atoms with van der Waals surface area (Å²) in [6.45, 7) is 9.34. The van der Waals surface area contributed by atoms with Gasteiger partial charge in [0.2, 0.25) is 0 Å². The van der Waals surface area contributed by atoms with Crippen LogP contribution in [0.15, 0.2) is 24.5 Å². The number of fused-ring (bicyclic) bond motifs is 2. The number of hydrogen-bond acceptors (Lipinski definition) is 8. The summed E-state index contributed by atoms with van der Waals surface area (Å²) in [7, 11) is 1.56. The molecule has 35 heavy (non-hydrogen) atoms. The number of piperazine rings is 1. The van der Waals surface area contributed by atoms with E-state index >= 15 is 0 Å². The van der Waals surface area contributed by atoms with Gasteiger partial charge in [-0.3, -0.25) is 9.69 Å². The van der Waals surface area contributed by atoms with Gasteiger partial charge in [-0.2, -0.15) is 5.10 Å². The second-order valence-corrected chi connectivity index (χ2v) is 9.02. The lowest BCUT2D eigenvalue weighted by molar-refractivity contribution is -0.122. The van der Waals surface area contributed by atoms with Gasteiger partial charge in [0.15, 0.2) is 11.4 Å². The molecular weight excluding hydrogens is 452 g/mol. The van der Waals surface area contributed by atoms with Crippen molar-refractivity contribution in [1.82, 2.24) is 24.9 Å². The number of nitrogens with zero attached hydrogens (tertiary/aromatic N) is 6. The van der Waals surface area contributed by atoms with Crippen molar-refractivity contribution in [3.63, 3.8) is 0 Å². The number of nitrogens with one attached hydrogen (secondary N) is 2. The Kier molecular flexibility index (Phi) is 6.74. The molecule has 3 aromatic heterocycles. The molecule has 12 nitrogen and oxygen atoms in total. The van der Waals surface area contributed by atoms with Crippen LogP contribution < -0.4 is 25.2 Å². The van der Waals surface area contributed by atoms with E-state index in [4.69, 9.17) is 14.6 Å². The highest BCUT2D eigenvalue weighted by atomic mass is 16.5. The van der Waals surface area contributed by atoms with Crippen LogP contribution in [0.2, 0.25) is 0 Å². The van der Waals surface area contributed by atoms with Gasteiger partial charge in [0, 0.05) is 55.2 Å². The molecular formula is C23H30N8O4. The summed E-state index contributed by atoms with van der Waals surface area (Å²) >= 11 is 0. The fourth-order valence-electron chi connectivity index (χ4n) is 4.58. The maximum absolute atomic E-state index is 13.2. The number of rotatable bonds is 3. The van der Waals surface area contributed by atoms with E-state index in [1.807, 2.05) is 6.92 Å². The zero-order valence-electron chi connectivity index (χ0n) is 20.3. The van der Waals surface area contributed by atoms with E-state index in [1.54, 1.807) is 35.0 Å². The molecule has 1 fully saturated rings. The number of carbonyl (C=O) groups excluding carboxylic acids is 1. The summed E-state index contributed by atoms with van der Waals surface area (Å²) in [5, 5.41) is 17.7. The molecule has 5 heterocycles. The first-order valence-electron chi connectivity index (χ1n) is 11.3. The smallest absolute Gasteiger partial charge is 0.327 e. The van der Waals surface area contributed by atoms with Crippen molar-refractivity contribution in [2.24, 2.45) is 0 Å². The number of hydrogen-bond donors (Lipinski definition) is 3. The van der Waals surface area contributed by atoms with Crippen LogP contribution in [0.1, 0.15) is 25.2 Å². The van der Waals surface area contributed by atoms with Crippen LogP contribution in [0.3, 0.4) is 0 Å². The van der Waals surface area contributed by atoms with Gasteiger partial charge in [-0.25, -0.2) is 19.3 Å². The van der Waals surface area contributed by atoms with Gasteiger partial charge in [0.25, 0.3) is 6.47 Å². The van der Waals surface area contributed by atoms with Crippen molar-refractivity contribution in [1.29, 1.82) is 0 Å². The summed E-state index contributed by atoms with van der Waals surface area (Å²) in [5.74, 6) is 1.88. The highest BCUT2D eigenvalue weighted by Gasteiger charge is 2.33. The summed E-state index contributed by atoms with van der Waals surface area (Å²) < 4.78 is 7.10. The van der Waals surface area contributed by atoms with Crippen molar-refractivity contribution in [3.05, 3.63) is 35.9 Å². The van der Waals surface area contributed by atoms with Gasteiger partial charge in [0.1, 0.15) is 11.6 Å². The summed E-state index contributed by atoms with van der Waals surface area (Å²) in [5.41, 5.74) is 3.51. The summed E-state index contributed by atoms with van der Waals surface area (Å²) in [6, 6.07) is 3.58. The third kappa shape index (κ3) is 4.97. The molecule has 3 N–H and O–H groups in total. The number of urea groups is 1. The Morgan fingerprint density at radius 3 is 2.83 bits per heavy atom. The van der Waals surface area contributed by atoms with Crippen molar-refractivity contribution in [3.8, 4) is 5.75 Å². The number of aromatic nitrogens is 4. The molecule has 2 aliphatic rings. The molecule has 2 aliphatic heterocycles. The zero-order chi connectivity index (χ0) is 25.2. The number of pyridine rings is 2. The maximum atomic E-state index is 13.2. The predicted octanol–water partition coefficient (Wildman–Crippen LogP) is 1.92. The normalized spacial score (nSPS) is 16.3. The van der Waals surface area contributed by atoms with Gasteiger partial charge in [0.05, 0.1) is 19.0 Å². The quantitative estimate of drug-likeness (QED) is 0.478. The zero-order valence-corrected chi connectivity index (χ0v) is 20.3. The molecule has 2 amide bonds. The van der Waals surface area contributed by atoms with Crippen molar-refractivity contribution >= 4 is 35.3 Å². The van der Waals surface area contributed by atoms with Gasteiger partial charge in [-0.1, -0.05) is 0 Å². The average Bonchev–Trinajstić information content (AvgIpc) is 3.40. The lowest BCUT2D eigenvalue weighted by atomic mass is 10.0. The Bertz CT molecular complexity index is 1240. The number of amides is 2. The average molecular weight is 483 g/mol. The van der Waals surface area contributed by atoms with Crippen molar-refractivity contribution in [2.45, 2.75) is 32.7 Å². The number of anilines is 3. The number of carbonyl (C=O) groups is 2. The second kappa shape index (κ2) is 9.74. The van der Waals surface area contributed by atoms with Crippen LogP contribution in [-0.2, 0) is 11.2 Å². The number of aryl methyl sites for hydroxylation is 1. The Labute approximate surface area is 202 Å². The van der Waals surface area contributed by atoms with E-state index in [1.165, 1.54) is 0 Å². The molecule has 0 aromatic carbocycles. The Hall–Kier alpha value is -3.93. The van der Waals surface area contributed by atoms with Gasteiger partial charge >= 0.3 is 6.03 Å². The van der Waals surface area contributed by atoms with Gasteiger partial charge in [-0.15, -0.1) is 0 Å². The molecule has 0 unspecified atom stereocenters. The summed E-state index contributed by atoms with van der Waals surface area (Å²) in [6.07, 6.45) is 4.28. The fraction of sp³-hybridized carbons (Fsp3) is 0.435. The number of methoxy groups -OCH3 is 1. The van der Waals surface area contributed by atoms with E-state index < -0.39 is 0 Å². The molecule has 0 spiro atoms. The van der Waals surface area contributed by atoms with Crippen molar-refractivity contribution in [2.75, 3.05) is 48.4 Å². The van der Waals surface area contributed by atoms with Gasteiger partial charge < -0.3 is 25.4 Å². The monoisotopic (exact) mass is 482 g/mol. The minimum Gasteiger partial charge on any atom is -0.493 e. The Morgan fingerprint density at radius 2 is 2.11 bits per heavy atom. The van der Waals surface area contributed by atoms with Crippen LogP contribution in [0.4, 0.5) is 22.0 Å². The van der Waals surface area contributed by atoms with Crippen LogP contribution in [-0.4, -0.2) is 76.0 Å². The van der Waals surface area contributed by atoms with Crippen LogP contribution in [0.25, 0.3) is 5.65 Å². The molecule has 0 radical (unpaired) electrons.